The maximum atomic E-state index is 12.9. The van der Waals surface area contributed by atoms with E-state index in [4.69, 9.17) is 4.74 Å². The van der Waals surface area contributed by atoms with Gasteiger partial charge in [0.05, 0.1) is 12.2 Å². The molecule has 7 heteroatoms. The Hall–Kier alpha value is -3.06. The van der Waals surface area contributed by atoms with Gasteiger partial charge in [0.15, 0.2) is 0 Å². The summed E-state index contributed by atoms with van der Waals surface area (Å²) in [5.41, 5.74) is 3.45. The van der Waals surface area contributed by atoms with Crippen molar-refractivity contribution >= 4 is 23.3 Å². The summed E-state index contributed by atoms with van der Waals surface area (Å²) in [6.07, 6.45) is 3.26. The first-order valence-corrected chi connectivity index (χ1v) is 11.2. The zero-order valence-electron chi connectivity index (χ0n) is 19.3. The Morgan fingerprint density at radius 3 is 2.47 bits per heavy atom. The number of benzene rings is 2. The van der Waals surface area contributed by atoms with Crippen molar-refractivity contribution in [1.82, 2.24) is 10.2 Å². The molecule has 1 fully saturated rings. The molecule has 2 aromatic rings. The Morgan fingerprint density at radius 2 is 1.81 bits per heavy atom. The Labute approximate surface area is 190 Å². The molecule has 0 unspecified atom stereocenters. The lowest BCUT2D eigenvalue weighted by Gasteiger charge is -2.35. The molecule has 7 nitrogen and oxygen atoms in total. The van der Waals surface area contributed by atoms with Crippen LogP contribution in [0.3, 0.4) is 0 Å². The second kappa shape index (κ2) is 11.5. The van der Waals surface area contributed by atoms with Gasteiger partial charge in [0, 0.05) is 52.2 Å². The van der Waals surface area contributed by atoms with Crippen molar-refractivity contribution < 1.29 is 14.3 Å². The van der Waals surface area contributed by atoms with Crippen molar-refractivity contribution in [3.63, 3.8) is 0 Å². The normalized spacial score (nSPS) is 14.2. The number of methoxy groups -OCH3 is 1. The van der Waals surface area contributed by atoms with Crippen LogP contribution in [-0.4, -0.2) is 64.3 Å². The van der Waals surface area contributed by atoms with Gasteiger partial charge in [-0.2, -0.15) is 0 Å². The molecule has 2 aromatic carbocycles. The fourth-order valence-electron chi connectivity index (χ4n) is 3.99. The second-order valence-corrected chi connectivity index (χ2v) is 8.43. The summed E-state index contributed by atoms with van der Waals surface area (Å²) in [7, 11) is 4.97. The van der Waals surface area contributed by atoms with Crippen LogP contribution in [0.25, 0.3) is 0 Å². The highest BCUT2D eigenvalue weighted by Gasteiger charge is 2.24. The first-order chi connectivity index (χ1) is 15.5. The van der Waals surface area contributed by atoms with Crippen LogP contribution in [0.2, 0.25) is 0 Å². The summed E-state index contributed by atoms with van der Waals surface area (Å²) in [6, 6.07) is 15.9. The van der Waals surface area contributed by atoms with Gasteiger partial charge in [0.2, 0.25) is 0 Å². The lowest BCUT2D eigenvalue weighted by molar-refractivity contribution is 0.0937. The van der Waals surface area contributed by atoms with E-state index in [0.29, 0.717) is 30.3 Å². The Morgan fingerprint density at radius 1 is 1.09 bits per heavy atom. The van der Waals surface area contributed by atoms with Crippen molar-refractivity contribution in [2.75, 3.05) is 57.7 Å². The summed E-state index contributed by atoms with van der Waals surface area (Å²) in [5, 5.41) is 5.74. The molecule has 0 aromatic heterocycles. The molecule has 3 amide bonds. The minimum Gasteiger partial charge on any atom is -0.383 e. The number of nitrogens with zero attached hydrogens (tertiary/aromatic N) is 2. The number of carbonyl (C=O) groups is 2. The predicted molar refractivity (Wildman–Crippen MR) is 128 cm³/mol. The highest BCUT2D eigenvalue weighted by Crippen LogP contribution is 2.30. The van der Waals surface area contributed by atoms with Crippen molar-refractivity contribution in [2.24, 2.45) is 5.92 Å². The molecule has 32 heavy (non-hydrogen) atoms. The maximum Gasteiger partial charge on any atom is 0.321 e. The zero-order valence-corrected chi connectivity index (χ0v) is 19.3. The summed E-state index contributed by atoms with van der Waals surface area (Å²) < 4.78 is 5.05. The molecule has 3 rings (SSSR count). The van der Waals surface area contributed by atoms with E-state index in [2.05, 4.69) is 45.9 Å². The molecule has 1 saturated heterocycles. The molecule has 1 heterocycles. The molecule has 1 aliphatic heterocycles. The van der Waals surface area contributed by atoms with E-state index in [1.165, 1.54) is 10.5 Å². The number of nitrogens with one attached hydrogen (secondary N) is 2. The van der Waals surface area contributed by atoms with Crippen LogP contribution in [0.15, 0.2) is 48.5 Å². The third-order valence-electron chi connectivity index (χ3n) is 5.81. The standard InChI is InChI=1S/C25H34N4O3/c1-28(2)25(31)27-21-9-10-23(22(18-21)24(30)26-13-16-32-3)29-14-11-20(12-15-29)17-19-7-5-4-6-8-19/h4-10,18,20H,11-17H2,1-3H3,(H,26,30)(H,27,31). The smallest absolute Gasteiger partial charge is 0.321 e. The van der Waals surface area contributed by atoms with Gasteiger partial charge in [0.1, 0.15) is 0 Å². The number of hydrogen-bond acceptors (Lipinski definition) is 4. The second-order valence-electron chi connectivity index (χ2n) is 8.43. The van der Waals surface area contributed by atoms with Crippen LogP contribution in [0.5, 0.6) is 0 Å². The third-order valence-corrected chi connectivity index (χ3v) is 5.81. The van der Waals surface area contributed by atoms with Gasteiger partial charge in [-0.1, -0.05) is 30.3 Å². The molecule has 2 N–H and O–H groups in total. The molecule has 0 aliphatic carbocycles. The minimum atomic E-state index is -0.231. The average molecular weight is 439 g/mol. The number of amides is 3. The zero-order chi connectivity index (χ0) is 22.9. The van der Waals surface area contributed by atoms with Crippen molar-refractivity contribution in [3.05, 3.63) is 59.7 Å². The van der Waals surface area contributed by atoms with Gasteiger partial charge in [-0.15, -0.1) is 0 Å². The average Bonchev–Trinajstić information content (AvgIpc) is 2.80. The van der Waals surface area contributed by atoms with Crippen molar-refractivity contribution in [1.29, 1.82) is 0 Å². The van der Waals surface area contributed by atoms with Gasteiger partial charge >= 0.3 is 6.03 Å². The molecule has 0 atom stereocenters. The first kappa shape index (κ1) is 23.6. The van der Waals surface area contributed by atoms with E-state index in [-0.39, 0.29) is 11.9 Å². The SMILES string of the molecule is COCCNC(=O)c1cc(NC(=O)N(C)C)ccc1N1CCC(Cc2ccccc2)CC1. The summed E-state index contributed by atoms with van der Waals surface area (Å²) >= 11 is 0. The molecule has 0 radical (unpaired) electrons. The van der Waals surface area contributed by atoms with Gasteiger partial charge in [0.25, 0.3) is 5.91 Å². The van der Waals surface area contributed by atoms with Crippen LogP contribution in [0.4, 0.5) is 16.2 Å². The summed E-state index contributed by atoms with van der Waals surface area (Å²) in [4.78, 5) is 28.8. The van der Waals surface area contributed by atoms with Gasteiger partial charge < -0.3 is 25.2 Å². The summed E-state index contributed by atoms with van der Waals surface area (Å²) in [5.74, 6) is 0.482. The number of urea groups is 1. The van der Waals surface area contributed by atoms with E-state index in [9.17, 15) is 9.59 Å². The molecule has 0 spiro atoms. The van der Waals surface area contributed by atoms with Crippen LogP contribution >= 0.6 is 0 Å². The van der Waals surface area contributed by atoms with E-state index >= 15 is 0 Å². The van der Waals surface area contributed by atoms with E-state index < -0.39 is 0 Å². The Bertz CT molecular complexity index is 893. The molecular formula is C25H34N4O3. The topological polar surface area (TPSA) is 73.9 Å². The van der Waals surface area contributed by atoms with Crippen LogP contribution in [0, 0.1) is 5.92 Å². The molecule has 0 saturated carbocycles. The van der Waals surface area contributed by atoms with Crippen molar-refractivity contribution in [2.45, 2.75) is 19.3 Å². The molecule has 0 bridgehead atoms. The fraction of sp³-hybridized carbons (Fsp3) is 0.440. The number of piperidine rings is 1. The highest BCUT2D eigenvalue weighted by molar-refractivity contribution is 6.02. The molecular weight excluding hydrogens is 404 g/mol. The number of rotatable bonds is 8. The monoisotopic (exact) mass is 438 g/mol. The minimum absolute atomic E-state index is 0.163. The number of anilines is 2. The van der Waals surface area contributed by atoms with Crippen LogP contribution in [0.1, 0.15) is 28.8 Å². The molecule has 1 aliphatic rings. The first-order valence-electron chi connectivity index (χ1n) is 11.2. The van der Waals surface area contributed by atoms with Crippen molar-refractivity contribution in [3.8, 4) is 0 Å². The largest absolute Gasteiger partial charge is 0.383 e. The van der Waals surface area contributed by atoms with E-state index in [1.807, 2.05) is 12.1 Å². The summed E-state index contributed by atoms with van der Waals surface area (Å²) in [6.45, 7) is 2.68. The quantitative estimate of drug-likeness (QED) is 0.618. The Balaban J connectivity index is 1.72. The lowest BCUT2D eigenvalue weighted by Crippen LogP contribution is -2.36. The van der Waals surface area contributed by atoms with E-state index in [0.717, 1.165) is 38.0 Å². The highest BCUT2D eigenvalue weighted by atomic mass is 16.5. The number of hydrogen-bond donors (Lipinski definition) is 2. The van der Waals surface area contributed by atoms with Gasteiger partial charge in [-0.3, -0.25) is 4.79 Å². The fourth-order valence-corrected chi connectivity index (χ4v) is 3.99. The number of carbonyl (C=O) groups excluding carboxylic acids is 2. The lowest BCUT2D eigenvalue weighted by atomic mass is 9.89. The van der Waals surface area contributed by atoms with Crippen LogP contribution < -0.4 is 15.5 Å². The van der Waals surface area contributed by atoms with Gasteiger partial charge in [-0.25, -0.2) is 4.79 Å². The molecule has 172 valence electrons. The van der Waals surface area contributed by atoms with Gasteiger partial charge in [-0.05, 0) is 48.9 Å². The third kappa shape index (κ3) is 6.47. The predicted octanol–water partition coefficient (Wildman–Crippen LogP) is 3.62. The maximum absolute atomic E-state index is 12.9. The Kier molecular flexibility index (Phi) is 8.50. The number of ether oxygens (including phenoxy) is 1. The van der Waals surface area contributed by atoms with E-state index in [1.54, 1.807) is 27.3 Å². The van der Waals surface area contributed by atoms with Crippen LogP contribution in [-0.2, 0) is 11.2 Å².